The zero-order valence-corrected chi connectivity index (χ0v) is 9.45. The molecule has 1 aromatic rings. The van der Waals surface area contributed by atoms with Crippen LogP contribution in [0, 0.1) is 0 Å². The molecule has 0 N–H and O–H groups in total. The third-order valence-corrected chi connectivity index (χ3v) is 2.59. The molecular weight excluding hydrogens is 244 g/mol. The van der Waals surface area contributed by atoms with Crippen LogP contribution in [0.5, 0.6) is 0 Å². The third kappa shape index (κ3) is 2.51. The minimum absolute atomic E-state index is 0.0395. The van der Waals surface area contributed by atoms with Crippen LogP contribution in [-0.4, -0.2) is 12.1 Å². The van der Waals surface area contributed by atoms with Crippen molar-refractivity contribution in [2.45, 2.75) is 19.3 Å². The van der Waals surface area contributed by atoms with E-state index in [1.165, 1.54) is 0 Å². The predicted octanol–water partition coefficient (Wildman–Crippen LogP) is 2.71. The van der Waals surface area contributed by atoms with Crippen LogP contribution >= 0.6 is 15.9 Å². The number of halogens is 1. The first-order valence-electron chi connectivity index (χ1n) is 4.42. The lowest BCUT2D eigenvalue weighted by molar-refractivity contribution is -0.124. The van der Waals surface area contributed by atoms with Gasteiger partial charge in [0.1, 0.15) is 12.1 Å². The van der Waals surface area contributed by atoms with Crippen LogP contribution < -0.4 is 0 Å². The van der Waals surface area contributed by atoms with Crippen LogP contribution in [0.15, 0.2) is 28.7 Å². The summed E-state index contributed by atoms with van der Waals surface area (Å²) in [7, 11) is 0. The Morgan fingerprint density at radius 2 is 2.00 bits per heavy atom. The van der Waals surface area contributed by atoms with Gasteiger partial charge >= 0.3 is 0 Å². The molecule has 3 heteroatoms. The molecule has 0 aliphatic carbocycles. The maximum atomic E-state index is 11.4. The monoisotopic (exact) mass is 254 g/mol. The molecule has 0 aromatic heterocycles. The molecule has 0 saturated carbocycles. The molecule has 0 saturated heterocycles. The van der Waals surface area contributed by atoms with Gasteiger partial charge in [-0.25, -0.2) is 0 Å². The Kier molecular flexibility index (Phi) is 4.01. The number of carbonyl (C=O) groups excluding carboxylic acids is 2. The van der Waals surface area contributed by atoms with Crippen LogP contribution in [0.2, 0.25) is 0 Å². The summed E-state index contributed by atoms with van der Waals surface area (Å²) in [5.74, 6) is -0.643. The number of Topliss-reactive ketones (excluding diaryl/α,β-unsaturated/α-hetero) is 1. The Morgan fingerprint density at radius 3 is 2.43 bits per heavy atom. The minimum Gasteiger partial charge on any atom is -0.302 e. The van der Waals surface area contributed by atoms with Crippen molar-refractivity contribution in [3.05, 3.63) is 34.3 Å². The largest absolute Gasteiger partial charge is 0.302 e. The van der Waals surface area contributed by atoms with Crippen LogP contribution in [0.25, 0.3) is 0 Å². The van der Waals surface area contributed by atoms with Gasteiger partial charge in [-0.3, -0.25) is 4.79 Å². The van der Waals surface area contributed by atoms with Crippen molar-refractivity contribution in [3.8, 4) is 0 Å². The summed E-state index contributed by atoms with van der Waals surface area (Å²) in [5, 5.41) is 0. The first-order valence-corrected chi connectivity index (χ1v) is 5.21. The summed E-state index contributed by atoms with van der Waals surface area (Å²) in [4.78, 5) is 22.1. The highest BCUT2D eigenvalue weighted by Crippen LogP contribution is 2.18. The summed E-state index contributed by atoms with van der Waals surface area (Å²) in [6, 6.07) is 7.23. The molecule has 0 fully saturated rings. The van der Waals surface area contributed by atoms with Gasteiger partial charge in [0.25, 0.3) is 0 Å². The fourth-order valence-electron chi connectivity index (χ4n) is 1.23. The second-order valence-corrected chi connectivity index (χ2v) is 3.90. The minimum atomic E-state index is -0.604. The van der Waals surface area contributed by atoms with Gasteiger partial charge in [-0.1, -0.05) is 35.0 Å². The predicted molar refractivity (Wildman–Crippen MR) is 58.2 cm³/mol. The van der Waals surface area contributed by atoms with Crippen molar-refractivity contribution >= 4 is 28.0 Å². The summed E-state index contributed by atoms with van der Waals surface area (Å²) in [5.41, 5.74) is 0.759. The molecule has 2 nitrogen and oxygen atoms in total. The average molecular weight is 255 g/mol. The Balaban J connectivity index is 2.95. The standard InChI is InChI=1S/C11H11BrO2/c1-2-11(14)10(7-13)8-3-5-9(12)6-4-8/h3-7,10H,2H2,1H3. The lowest BCUT2D eigenvalue weighted by atomic mass is 9.95. The number of aldehydes is 1. The van der Waals surface area contributed by atoms with Crippen molar-refractivity contribution in [2.75, 3.05) is 0 Å². The fraction of sp³-hybridized carbons (Fsp3) is 0.273. The molecule has 1 rings (SSSR count). The fourth-order valence-corrected chi connectivity index (χ4v) is 1.49. The first kappa shape index (κ1) is 11.1. The number of benzene rings is 1. The number of hydrogen-bond donors (Lipinski definition) is 0. The van der Waals surface area contributed by atoms with Crippen molar-refractivity contribution in [3.63, 3.8) is 0 Å². The van der Waals surface area contributed by atoms with Gasteiger partial charge in [0.2, 0.25) is 0 Å². The van der Waals surface area contributed by atoms with Crippen molar-refractivity contribution in [2.24, 2.45) is 0 Å². The lowest BCUT2D eigenvalue weighted by Gasteiger charge is -2.07. The van der Waals surface area contributed by atoms with Gasteiger partial charge in [-0.15, -0.1) is 0 Å². The number of hydrogen-bond acceptors (Lipinski definition) is 2. The Bertz CT molecular complexity index is 330. The molecule has 1 atom stereocenters. The summed E-state index contributed by atoms with van der Waals surface area (Å²) in [6.07, 6.45) is 1.09. The Morgan fingerprint density at radius 1 is 1.43 bits per heavy atom. The molecule has 0 aliphatic heterocycles. The lowest BCUT2D eigenvalue weighted by Crippen LogP contribution is -2.12. The van der Waals surface area contributed by atoms with Crippen molar-refractivity contribution < 1.29 is 9.59 Å². The topological polar surface area (TPSA) is 34.1 Å². The third-order valence-electron chi connectivity index (χ3n) is 2.06. The summed E-state index contributed by atoms with van der Waals surface area (Å²) >= 11 is 3.30. The van der Waals surface area contributed by atoms with Gasteiger partial charge in [0.05, 0.1) is 5.92 Å². The van der Waals surface area contributed by atoms with E-state index >= 15 is 0 Å². The normalized spacial score (nSPS) is 12.1. The molecule has 0 amide bonds. The highest BCUT2D eigenvalue weighted by atomic mass is 79.9. The maximum absolute atomic E-state index is 11.4. The summed E-state index contributed by atoms with van der Waals surface area (Å²) in [6.45, 7) is 1.76. The van der Waals surface area contributed by atoms with Gasteiger partial charge in [0, 0.05) is 10.9 Å². The number of carbonyl (C=O) groups is 2. The van der Waals surface area contributed by atoms with E-state index in [4.69, 9.17) is 0 Å². The van der Waals surface area contributed by atoms with E-state index in [2.05, 4.69) is 15.9 Å². The average Bonchev–Trinajstić information content (AvgIpc) is 2.21. The van der Waals surface area contributed by atoms with E-state index in [1.54, 1.807) is 19.1 Å². The molecule has 0 radical (unpaired) electrons. The zero-order valence-electron chi connectivity index (χ0n) is 7.87. The SMILES string of the molecule is CCC(=O)C(C=O)c1ccc(Br)cc1. The van der Waals surface area contributed by atoms with E-state index in [1.807, 2.05) is 12.1 Å². The second kappa shape index (κ2) is 5.05. The molecule has 0 bridgehead atoms. The molecule has 1 aromatic carbocycles. The highest BCUT2D eigenvalue weighted by molar-refractivity contribution is 9.10. The van der Waals surface area contributed by atoms with Gasteiger partial charge in [-0.05, 0) is 17.7 Å². The molecule has 1 unspecified atom stereocenters. The molecule has 0 heterocycles. The number of ketones is 1. The van der Waals surface area contributed by atoms with Gasteiger partial charge in [-0.2, -0.15) is 0 Å². The van der Waals surface area contributed by atoms with E-state index in [0.717, 1.165) is 10.0 Å². The molecule has 0 aliphatic rings. The van der Waals surface area contributed by atoms with E-state index in [9.17, 15) is 9.59 Å². The maximum Gasteiger partial charge on any atom is 0.147 e. The molecule has 0 spiro atoms. The van der Waals surface area contributed by atoms with Crippen LogP contribution in [-0.2, 0) is 9.59 Å². The van der Waals surface area contributed by atoms with Crippen LogP contribution in [0.3, 0.4) is 0 Å². The first-order chi connectivity index (χ1) is 6.69. The smallest absolute Gasteiger partial charge is 0.147 e. The molecule has 74 valence electrons. The van der Waals surface area contributed by atoms with Crippen molar-refractivity contribution in [1.82, 2.24) is 0 Å². The van der Waals surface area contributed by atoms with E-state index in [-0.39, 0.29) is 5.78 Å². The van der Waals surface area contributed by atoms with E-state index in [0.29, 0.717) is 12.7 Å². The second-order valence-electron chi connectivity index (χ2n) is 2.99. The molecular formula is C11H11BrO2. The van der Waals surface area contributed by atoms with Crippen molar-refractivity contribution in [1.29, 1.82) is 0 Å². The number of rotatable bonds is 4. The Labute approximate surface area is 91.4 Å². The van der Waals surface area contributed by atoms with Gasteiger partial charge < -0.3 is 4.79 Å². The highest BCUT2D eigenvalue weighted by Gasteiger charge is 2.17. The Hall–Kier alpha value is -0.960. The van der Waals surface area contributed by atoms with Gasteiger partial charge in [0.15, 0.2) is 0 Å². The van der Waals surface area contributed by atoms with Crippen LogP contribution in [0.1, 0.15) is 24.8 Å². The molecule has 14 heavy (non-hydrogen) atoms. The zero-order chi connectivity index (χ0) is 10.6. The van der Waals surface area contributed by atoms with Crippen LogP contribution in [0.4, 0.5) is 0 Å². The quantitative estimate of drug-likeness (QED) is 0.612. The van der Waals surface area contributed by atoms with E-state index < -0.39 is 5.92 Å². The summed E-state index contributed by atoms with van der Waals surface area (Å²) < 4.78 is 0.940.